The fraction of sp³-hybridized carbons (Fsp3) is 0.214. The molecule has 0 unspecified atom stereocenters. The number of para-hydroxylation sites is 1. The number of halogens is 2. The standard InChI is InChI=1S/C14H15F2N5O5S/c1-17-10-7-11(25-2)19-13(18-10)20-14(22)21-27(23,24)9-6-4-3-5-8(9)26-12(15)16/h3-7,12H,1-2H3,(H3,17,18,19,20,21,22). The van der Waals surface area contributed by atoms with Gasteiger partial charge in [0.15, 0.2) is 0 Å². The minimum Gasteiger partial charge on any atom is -0.481 e. The van der Waals surface area contributed by atoms with Crippen LogP contribution in [0.1, 0.15) is 0 Å². The van der Waals surface area contributed by atoms with Crippen LogP contribution in [0.2, 0.25) is 0 Å². The number of carbonyl (C=O) groups is 1. The minimum atomic E-state index is -4.51. The molecule has 2 rings (SSSR count). The molecule has 0 aliphatic rings. The van der Waals surface area contributed by atoms with Gasteiger partial charge in [-0.3, -0.25) is 5.32 Å². The molecule has 13 heteroatoms. The fourth-order valence-electron chi connectivity index (χ4n) is 1.88. The number of hydrogen-bond acceptors (Lipinski definition) is 8. The van der Waals surface area contributed by atoms with Gasteiger partial charge in [-0.25, -0.2) is 17.9 Å². The summed E-state index contributed by atoms with van der Waals surface area (Å²) in [6, 6.07) is 4.86. The van der Waals surface area contributed by atoms with E-state index in [0.29, 0.717) is 5.82 Å². The number of alkyl halides is 2. The lowest BCUT2D eigenvalue weighted by atomic mass is 10.3. The molecule has 0 atom stereocenters. The van der Waals surface area contributed by atoms with Gasteiger partial charge in [0.1, 0.15) is 16.5 Å². The first-order valence-electron chi connectivity index (χ1n) is 7.23. The van der Waals surface area contributed by atoms with Crippen LogP contribution >= 0.6 is 0 Å². The Balaban J connectivity index is 2.20. The van der Waals surface area contributed by atoms with Gasteiger partial charge in [0.05, 0.1) is 7.11 Å². The van der Waals surface area contributed by atoms with Gasteiger partial charge in [-0.2, -0.15) is 18.7 Å². The molecule has 1 aromatic carbocycles. The van der Waals surface area contributed by atoms with E-state index < -0.39 is 33.3 Å². The summed E-state index contributed by atoms with van der Waals surface area (Å²) in [5.74, 6) is -0.440. The van der Waals surface area contributed by atoms with Crippen molar-refractivity contribution in [2.75, 3.05) is 24.8 Å². The molecule has 2 aromatic rings. The monoisotopic (exact) mass is 403 g/mol. The summed E-state index contributed by atoms with van der Waals surface area (Å²) < 4.78 is 60.2. The van der Waals surface area contributed by atoms with Gasteiger partial charge in [0, 0.05) is 13.1 Å². The number of sulfonamides is 1. The minimum absolute atomic E-state index is 0.114. The molecule has 0 saturated heterocycles. The van der Waals surface area contributed by atoms with Crippen molar-refractivity contribution >= 4 is 27.8 Å². The number of nitrogens with zero attached hydrogens (tertiary/aromatic N) is 2. The Morgan fingerprint density at radius 1 is 1.22 bits per heavy atom. The van der Waals surface area contributed by atoms with Crippen molar-refractivity contribution in [2.45, 2.75) is 11.5 Å². The summed E-state index contributed by atoms with van der Waals surface area (Å²) in [4.78, 5) is 19.1. The Hall–Kier alpha value is -3.22. The van der Waals surface area contributed by atoms with Gasteiger partial charge in [0.25, 0.3) is 10.0 Å². The van der Waals surface area contributed by atoms with Crippen molar-refractivity contribution in [3.05, 3.63) is 30.3 Å². The first kappa shape index (κ1) is 20.1. The second kappa shape index (κ2) is 8.44. The number of nitrogens with one attached hydrogen (secondary N) is 3. The Morgan fingerprint density at radius 2 is 1.93 bits per heavy atom. The van der Waals surface area contributed by atoms with E-state index in [9.17, 15) is 22.0 Å². The number of amides is 2. The van der Waals surface area contributed by atoms with Crippen LogP contribution in [0.3, 0.4) is 0 Å². The second-order valence-electron chi connectivity index (χ2n) is 4.75. The molecule has 0 radical (unpaired) electrons. The van der Waals surface area contributed by atoms with Crippen LogP contribution in [0.25, 0.3) is 0 Å². The third kappa shape index (κ3) is 5.37. The molecule has 0 aliphatic carbocycles. The van der Waals surface area contributed by atoms with Crippen LogP contribution in [0.5, 0.6) is 11.6 Å². The molecule has 27 heavy (non-hydrogen) atoms. The van der Waals surface area contributed by atoms with Crippen LogP contribution < -0.4 is 24.8 Å². The third-order valence-corrected chi connectivity index (χ3v) is 4.35. The van der Waals surface area contributed by atoms with Gasteiger partial charge in [-0.05, 0) is 12.1 Å². The highest BCUT2D eigenvalue weighted by atomic mass is 32.2. The SMILES string of the molecule is CNc1cc(OC)nc(NC(=O)NS(=O)(=O)c2ccccc2OC(F)F)n1. The molecular formula is C14H15F2N5O5S. The van der Waals surface area contributed by atoms with E-state index in [1.54, 1.807) is 11.8 Å². The summed E-state index contributed by atoms with van der Waals surface area (Å²) in [6.07, 6.45) is 0. The lowest BCUT2D eigenvalue weighted by Crippen LogP contribution is -2.35. The zero-order valence-corrected chi connectivity index (χ0v) is 14.9. The molecule has 0 bridgehead atoms. The average Bonchev–Trinajstić information content (AvgIpc) is 2.60. The molecular weight excluding hydrogens is 388 g/mol. The van der Waals surface area contributed by atoms with Crippen molar-refractivity contribution in [3.8, 4) is 11.6 Å². The maximum atomic E-state index is 12.4. The summed E-state index contributed by atoms with van der Waals surface area (Å²) in [7, 11) is -1.60. The molecule has 1 aromatic heterocycles. The van der Waals surface area contributed by atoms with E-state index in [2.05, 4.69) is 25.3 Å². The fourth-order valence-corrected chi connectivity index (χ4v) is 2.93. The zero-order chi connectivity index (χ0) is 20.0. The van der Waals surface area contributed by atoms with E-state index in [1.807, 2.05) is 0 Å². The highest BCUT2D eigenvalue weighted by molar-refractivity contribution is 7.90. The highest BCUT2D eigenvalue weighted by Gasteiger charge is 2.24. The van der Waals surface area contributed by atoms with Gasteiger partial charge >= 0.3 is 12.6 Å². The van der Waals surface area contributed by atoms with Crippen LogP contribution in [0, 0.1) is 0 Å². The van der Waals surface area contributed by atoms with Crippen molar-refractivity contribution in [1.29, 1.82) is 0 Å². The number of carbonyl (C=O) groups excluding carboxylic acids is 1. The molecule has 3 N–H and O–H groups in total. The highest BCUT2D eigenvalue weighted by Crippen LogP contribution is 2.25. The van der Waals surface area contributed by atoms with Gasteiger partial charge < -0.3 is 14.8 Å². The molecule has 10 nitrogen and oxygen atoms in total. The number of aromatic nitrogens is 2. The summed E-state index contributed by atoms with van der Waals surface area (Å²) in [5.41, 5.74) is 0. The lowest BCUT2D eigenvalue weighted by Gasteiger charge is -2.12. The molecule has 0 fully saturated rings. The number of hydrogen-bond donors (Lipinski definition) is 3. The largest absolute Gasteiger partial charge is 0.481 e. The van der Waals surface area contributed by atoms with Gasteiger partial charge in [-0.1, -0.05) is 12.1 Å². The third-order valence-electron chi connectivity index (χ3n) is 2.98. The van der Waals surface area contributed by atoms with Crippen molar-refractivity contribution in [1.82, 2.24) is 14.7 Å². The van der Waals surface area contributed by atoms with E-state index in [1.165, 1.54) is 25.3 Å². The van der Waals surface area contributed by atoms with E-state index >= 15 is 0 Å². The Labute approximate surface area is 153 Å². The topological polar surface area (TPSA) is 132 Å². The van der Waals surface area contributed by atoms with Gasteiger partial charge in [-0.15, -0.1) is 0 Å². The number of urea groups is 1. The average molecular weight is 403 g/mol. The van der Waals surface area contributed by atoms with Crippen molar-refractivity contribution in [3.63, 3.8) is 0 Å². The van der Waals surface area contributed by atoms with E-state index in [0.717, 1.165) is 12.1 Å². The molecule has 0 saturated carbocycles. The number of methoxy groups -OCH3 is 1. The number of anilines is 2. The molecule has 146 valence electrons. The predicted molar refractivity (Wildman–Crippen MR) is 90.5 cm³/mol. The number of rotatable bonds is 7. The number of ether oxygens (including phenoxy) is 2. The normalized spacial score (nSPS) is 11.0. The second-order valence-corrected chi connectivity index (χ2v) is 6.40. The van der Waals surface area contributed by atoms with E-state index in [4.69, 9.17) is 4.74 Å². The van der Waals surface area contributed by atoms with Crippen LogP contribution in [-0.2, 0) is 10.0 Å². The lowest BCUT2D eigenvalue weighted by molar-refractivity contribution is -0.0517. The summed E-state index contributed by atoms with van der Waals surface area (Å²) >= 11 is 0. The van der Waals surface area contributed by atoms with Crippen LogP contribution in [0.15, 0.2) is 35.2 Å². The maximum absolute atomic E-state index is 12.4. The van der Waals surface area contributed by atoms with E-state index in [-0.39, 0.29) is 11.8 Å². The smallest absolute Gasteiger partial charge is 0.387 e. The molecule has 0 spiro atoms. The summed E-state index contributed by atoms with van der Waals surface area (Å²) in [6.45, 7) is -3.24. The van der Waals surface area contributed by atoms with Crippen LogP contribution in [-0.4, -0.2) is 45.2 Å². The molecule has 1 heterocycles. The van der Waals surface area contributed by atoms with Crippen molar-refractivity contribution in [2.24, 2.45) is 0 Å². The Morgan fingerprint density at radius 3 is 2.56 bits per heavy atom. The molecule has 0 aliphatic heterocycles. The number of benzene rings is 1. The van der Waals surface area contributed by atoms with Crippen molar-refractivity contribution < 1.29 is 31.5 Å². The molecule has 2 amide bonds. The Kier molecular flexibility index (Phi) is 6.28. The zero-order valence-electron chi connectivity index (χ0n) is 14.1. The van der Waals surface area contributed by atoms with Gasteiger partial charge in [0.2, 0.25) is 11.8 Å². The predicted octanol–water partition coefficient (Wildman–Crippen LogP) is 1.64. The quantitative estimate of drug-likeness (QED) is 0.636. The maximum Gasteiger partial charge on any atom is 0.387 e. The van der Waals surface area contributed by atoms with Crippen LogP contribution in [0.4, 0.5) is 25.3 Å². The first-order valence-corrected chi connectivity index (χ1v) is 8.72. The summed E-state index contributed by atoms with van der Waals surface area (Å²) in [5, 5.41) is 4.82. The Bertz CT molecular complexity index is 904. The first-order chi connectivity index (χ1) is 12.7.